The number of carbonyl (C=O) groups is 3. The molecule has 4 rings (SSSR count). The van der Waals surface area contributed by atoms with Gasteiger partial charge in [-0.05, 0) is 23.1 Å². The van der Waals surface area contributed by atoms with Gasteiger partial charge in [0.25, 0.3) is 5.91 Å². The normalized spacial score (nSPS) is 16.5. The molecule has 2 aromatic carbocycles. The number of amides is 3. The highest BCUT2D eigenvalue weighted by molar-refractivity contribution is 6.39. The number of rotatable bonds is 7. The number of benzene rings is 2. The highest BCUT2D eigenvalue weighted by Crippen LogP contribution is 2.16. The summed E-state index contributed by atoms with van der Waals surface area (Å²) in [5.41, 5.74) is 3.35. The molecular formula is C24H26N4O3. The standard InChI is InChI=1S/C24H26N4O3/c29-22-10-5-13-27(22)16-20-9-4-8-19(14-20)15-25-24(31)21-11-12-23(30)28(26-21)17-18-6-2-1-3-7-18/h1-4,6-9,14H,5,10-13,15-17H2,(H,25,31). The maximum Gasteiger partial charge on any atom is 0.267 e. The zero-order chi connectivity index (χ0) is 21.6. The van der Waals surface area contributed by atoms with Crippen molar-refractivity contribution in [3.8, 4) is 0 Å². The highest BCUT2D eigenvalue weighted by atomic mass is 16.2. The molecular weight excluding hydrogens is 392 g/mol. The molecule has 3 amide bonds. The quantitative estimate of drug-likeness (QED) is 0.750. The Morgan fingerprint density at radius 2 is 1.65 bits per heavy atom. The molecule has 1 fully saturated rings. The second-order valence-corrected chi connectivity index (χ2v) is 7.91. The van der Waals surface area contributed by atoms with Gasteiger partial charge in [0.2, 0.25) is 11.8 Å². The molecule has 0 spiro atoms. The van der Waals surface area contributed by atoms with E-state index in [0.717, 1.165) is 29.7 Å². The van der Waals surface area contributed by atoms with E-state index in [9.17, 15) is 14.4 Å². The van der Waals surface area contributed by atoms with Gasteiger partial charge in [0.15, 0.2) is 0 Å². The van der Waals surface area contributed by atoms with Gasteiger partial charge in [-0.2, -0.15) is 5.10 Å². The van der Waals surface area contributed by atoms with Crippen LogP contribution >= 0.6 is 0 Å². The molecule has 0 unspecified atom stereocenters. The van der Waals surface area contributed by atoms with E-state index in [0.29, 0.717) is 38.2 Å². The van der Waals surface area contributed by atoms with Crippen molar-refractivity contribution in [2.24, 2.45) is 5.10 Å². The minimum absolute atomic E-state index is 0.0791. The Kier molecular flexibility index (Phi) is 6.40. The van der Waals surface area contributed by atoms with E-state index >= 15 is 0 Å². The predicted octanol–water partition coefficient (Wildman–Crippen LogP) is 2.60. The Bertz CT molecular complexity index is 1000. The zero-order valence-corrected chi connectivity index (χ0v) is 17.4. The van der Waals surface area contributed by atoms with Crippen LogP contribution in [-0.2, 0) is 34.0 Å². The van der Waals surface area contributed by atoms with Crippen LogP contribution in [0.5, 0.6) is 0 Å². The third-order valence-corrected chi connectivity index (χ3v) is 5.53. The molecule has 0 aliphatic carbocycles. The van der Waals surface area contributed by atoms with Gasteiger partial charge >= 0.3 is 0 Å². The van der Waals surface area contributed by atoms with Crippen LogP contribution in [0.4, 0.5) is 0 Å². The van der Waals surface area contributed by atoms with E-state index in [2.05, 4.69) is 10.4 Å². The topological polar surface area (TPSA) is 82.1 Å². The van der Waals surface area contributed by atoms with Crippen molar-refractivity contribution in [1.82, 2.24) is 15.2 Å². The molecule has 160 valence electrons. The average molecular weight is 418 g/mol. The Balaban J connectivity index is 1.35. The molecule has 2 heterocycles. The summed E-state index contributed by atoms with van der Waals surface area (Å²) in [6.07, 6.45) is 2.16. The number of nitrogens with zero attached hydrogens (tertiary/aromatic N) is 3. The van der Waals surface area contributed by atoms with Crippen molar-refractivity contribution in [3.63, 3.8) is 0 Å². The van der Waals surface area contributed by atoms with E-state index in [-0.39, 0.29) is 24.1 Å². The van der Waals surface area contributed by atoms with E-state index in [4.69, 9.17) is 0 Å². The molecule has 7 nitrogen and oxygen atoms in total. The summed E-state index contributed by atoms with van der Waals surface area (Å²) in [5, 5.41) is 8.59. The zero-order valence-electron chi connectivity index (χ0n) is 17.4. The van der Waals surface area contributed by atoms with Crippen molar-refractivity contribution in [1.29, 1.82) is 0 Å². The fourth-order valence-electron chi connectivity index (χ4n) is 3.86. The minimum atomic E-state index is -0.259. The second kappa shape index (κ2) is 9.55. The molecule has 1 N–H and O–H groups in total. The molecule has 2 aliphatic heterocycles. The van der Waals surface area contributed by atoms with Gasteiger partial charge < -0.3 is 10.2 Å². The maximum atomic E-state index is 12.6. The first kappa shape index (κ1) is 20.8. The molecule has 31 heavy (non-hydrogen) atoms. The number of likely N-dealkylation sites (tertiary alicyclic amines) is 1. The van der Waals surface area contributed by atoms with Crippen LogP contribution in [0, 0.1) is 0 Å². The van der Waals surface area contributed by atoms with E-state index in [1.54, 1.807) is 0 Å². The summed E-state index contributed by atoms with van der Waals surface area (Å²) in [4.78, 5) is 38.6. The van der Waals surface area contributed by atoms with Crippen LogP contribution in [-0.4, -0.2) is 39.9 Å². The first-order chi connectivity index (χ1) is 15.1. The van der Waals surface area contributed by atoms with Crippen molar-refractivity contribution in [2.75, 3.05) is 6.54 Å². The third-order valence-electron chi connectivity index (χ3n) is 5.53. The van der Waals surface area contributed by atoms with Crippen molar-refractivity contribution in [2.45, 2.75) is 45.3 Å². The fraction of sp³-hybridized carbons (Fsp3) is 0.333. The van der Waals surface area contributed by atoms with E-state index in [1.807, 2.05) is 59.5 Å². The monoisotopic (exact) mass is 418 g/mol. The SMILES string of the molecule is O=C(NCc1cccc(CN2CCCC2=O)c1)C1=NN(Cc2ccccc2)C(=O)CC1. The van der Waals surface area contributed by atoms with E-state index in [1.165, 1.54) is 5.01 Å². The summed E-state index contributed by atoms with van der Waals surface area (Å²) >= 11 is 0. The Hall–Kier alpha value is -3.48. The van der Waals surface area contributed by atoms with Gasteiger partial charge in [-0.15, -0.1) is 0 Å². The lowest BCUT2D eigenvalue weighted by Crippen LogP contribution is -2.38. The molecule has 0 bridgehead atoms. The number of hydrogen-bond donors (Lipinski definition) is 1. The van der Waals surface area contributed by atoms with Crippen LogP contribution in [0.1, 0.15) is 42.4 Å². The number of hydrazone groups is 1. The highest BCUT2D eigenvalue weighted by Gasteiger charge is 2.24. The Morgan fingerprint density at radius 1 is 0.871 bits per heavy atom. The number of nitrogens with one attached hydrogen (secondary N) is 1. The lowest BCUT2D eigenvalue weighted by Gasteiger charge is -2.23. The molecule has 0 aromatic heterocycles. The second-order valence-electron chi connectivity index (χ2n) is 7.91. The van der Waals surface area contributed by atoms with Gasteiger partial charge in [-0.25, -0.2) is 5.01 Å². The van der Waals surface area contributed by atoms with Crippen LogP contribution in [0.25, 0.3) is 0 Å². The Labute approximate surface area is 181 Å². The first-order valence-electron chi connectivity index (χ1n) is 10.6. The third kappa shape index (κ3) is 5.36. The first-order valence-corrected chi connectivity index (χ1v) is 10.6. The maximum absolute atomic E-state index is 12.6. The van der Waals surface area contributed by atoms with Gasteiger partial charge in [-0.3, -0.25) is 14.4 Å². The van der Waals surface area contributed by atoms with Crippen LogP contribution < -0.4 is 5.32 Å². The molecule has 2 aliphatic rings. The molecule has 0 radical (unpaired) electrons. The summed E-state index contributed by atoms with van der Waals surface area (Å²) in [5.74, 6) is -0.140. The van der Waals surface area contributed by atoms with Crippen LogP contribution in [0.3, 0.4) is 0 Å². The number of hydrogen-bond acceptors (Lipinski definition) is 4. The number of carbonyl (C=O) groups excluding carboxylic acids is 3. The van der Waals surface area contributed by atoms with Gasteiger partial charge in [0.1, 0.15) is 5.71 Å². The van der Waals surface area contributed by atoms with Gasteiger partial charge in [-0.1, -0.05) is 54.6 Å². The Morgan fingerprint density at radius 3 is 2.42 bits per heavy atom. The summed E-state index contributed by atoms with van der Waals surface area (Å²) in [6, 6.07) is 17.5. The molecule has 7 heteroatoms. The van der Waals surface area contributed by atoms with Gasteiger partial charge in [0.05, 0.1) is 6.54 Å². The van der Waals surface area contributed by atoms with Crippen LogP contribution in [0.2, 0.25) is 0 Å². The molecule has 0 atom stereocenters. The predicted molar refractivity (Wildman–Crippen MR) is 117 cm³/mol. The van der Waals surface area contributed by atoms with E-state index < -0.39 is 0 Å². The van der Waals surface area contributed by atoms with Crippen molar-refractivity contribution >= 4 is 23.4 Å². The lowest BCUT2D eigenvalue weighted by molar-refractivity contribution is -0.132. The minimum Gasteiger partial charge on any atom is -0.347 e. The van der Waals surface area contributed by atoms with Crippen LogP contribution in [0.15, 0.2) is 59.7 Å². The molecule has 0 saturated carbocycles. The van der Waals surface area contributed by atoms with Gasteiger partial charge in [0, 0.05) is 38.9 Å². The summed E-state index contributed by atoms with van der Waals surface area (Å²) < 4.78 is 0. The molecule has 2 aromatic rings. The molecule has 1 saturated heterocycles. The van der Waals surface area contributed by atoms with Crippen molar-refractivity contribution < 1.29 is 14.4 Å². The lowest BCUT2D eigenvalue weighted by atomic mass is 10.1. The summed E-state index contributed by atoms with van der Waals surface area (Å²) in [7, 11) is 0. The fourth-order valence-corrected chi connectivity index (χ4v) is 3.86. The smallest absolute Gasteiger partial charge is 0.267 e. The average Bonchev–Trinajstić information content (AvgIpc) is 3.19. The largest absolute Gasteiger partial charge is 0.347 e. The summed E-state index contributed by atoms with van der Waals surface area (Å²) in [6.45, 7) is 2.13. The van der Waals surface area contributed by atoms with Crippen molar-refractivity contribution in [3.05, 3.63) is 71.3 Å².